The second-order valence-corrected chi connectivity index (χ2v) is 8.90. The number of ether oxygens (including phenoxy) is 1. The van der Waals surface area contributed by atoms with Crippen molar-refractivity contribution in [2.75, 3.05) is 19.0 Å². The van der Waals surface area contributed by atoms with Gasteiger partial charge in [-0.15, -0.1) is 0 Å². The van der Waals surface area contributed by atoms with Crippen LogP contribution in [0.2, 0.25) is 0 Å². The third-order valence-electron chi connectivity index (χ3n) is 6.62. The summed E-state index contributed by atoms with van der Waals surface area (Å²) in [5.74, 6) is 4.39. The van der Waals surface area contributed by atoms with Crippen LogP contribution in [0.4, 0.5) is 5.82 Å². The van der Waals surface area contributed by atoms with Crippen LogP contribution >= 0.6 is 0 Å². The molecule has 3 aromatic rings. The van der Waals surface area contributed by atoms with E-state index in [-0.39, 0.29) is 0 Å². The summed E-state index contributed by atoms with van der Waals surface area (Å²) in [6, 6.07) is 8.24. The Kier molecular flexibility index (Phi) is 5.62. The van der Waals surface area contributed by atoms with Gasteiger partial charge in [0.1, 0.15) is 23.5 Å². The van der Waals surface area contributed by atoms with E-state index in [9.17, 15) is 0 Å². The molecule has 2 fully saturated rings. The van der Waals surface area contributed by atoms with E-state index < -0.39 is 0 Å². The van der Waals surface area contributed by atoms with Gasteiger partial charge >= 0.3 is 0 Å². The van der Waals surface area contributed by atoms with Gasteiger partial charge in [0, 0.05) is 35.8 Å². The molecule has 0 unspecified atom stereocenters. The molecule has 1 N–H and O–H groups in total. The minimum Gasteiger partial charge on any atom is -0.495 e. The second-order valence-electron chi connectivity index (χ2n) is 8.90. The van der Waals surface area contributed by atoms with Crippen molar-refractivity contribution in [1.29, 1.82) is 0 Å². The van der Waals surface area contributed by atoms with Crippen LogP contribution in [0.5, 0.6) is 5.75 Å². The summed E-state index contributed by atoms with van der Waals surface area (Å²) in [7, 11) is 1.70. The zero-order valence-corrected chi connectivity index (χ0v) is 18.3. The van der Waals surface area contributed by atoms with Crippen molar-refractivity contribution in [1.82, 2.24) is 15.0 Å². The zero-order chi connectivity index (χ0) is 21.2. The van der Waals surface area contributed by atoms with Crippen LogP contribution in [0.25, 0.3) is 11.3 Å². The average Bonchev–Trinajstić information content (AvgIpc) is 3.54. The van der Waals surface area contributed by atoms with Gasteiger partial charge in [-0.1, -0.05) is 0 Å². The third-order valence-corrected chi connectivity index (χ3v) is 6.62. The molecule has 2 aliphatic carbocycles. The molecule has 0 bridgehead atoms. The minimum atomic E-state index is 0.528. The molecule has 5 rings (SSSR count). The van der Waals surface area contributed by atoms with Gasteiger partial charge in [0.15, 0.2) is 5.89 Å². The molecule has 0 aromatic carbocycles. The molecule has 31 heavy (non-hydrogen) atoms. The molecule has 162 valence electrons. The van der Waals surface area contributed by atoms with E-state index in [1.807, 2.05) is 25.3 Å². The number of nitrogens with one attached hydrogen (secondary N) is 1. The molecule has 2 aliphatic rings. The molecule has 2 saturated carbocycles. The molecule has 6 nitrogen and oxygen atoms in total. The van der Waals surface area contributed by atoms with Crippen molar-refractivity contribution < 1.29 is 9.15 Å². The van der Waals surface area contributed by atoms with Crippen molar-refractivity contribution in [3.8, 4) is 17.0 Å². The van der Waals surface area contributed by atoms with E-state index in [0.717, 1.165) is 41.0 Å². The van der Waals surface area contributed by atoms with Gasteiger partial charge in [-0.2, -0.15) is 0 Å². The standard InChI is InChI=1S/C25H30N4O2/c1-16-23(30-2)10-9-21(28-16)18-5-3-17(4-6-18)14-27-24-13-20(11-12-26-24)22-15-31-25(29-22)19-7-8-19/h9-13,15,17-19H,3-8,14H2,1-2H3,(H,26,27). The van der Waals surface area contributed by atoms with Gasteiger partial charge in [0.05, 0.1) is 12.8 Å². The number of hydrogen-bond acceptors (Lipinski definition) is 6. The topological polar surface area (TPSA) is 73.1 Å². The van der Waals surface area contributed by atoms with Gasteiger partial charge in [-0.05, 0) is 75.6 Å². The van der Waals surface area contributed by atoms with E-state index in [1.165, 1.54) is 44.2 Å². The van der Waals surface area contributed by atoms with E-state index in [0.29, 0.717) is 17.8 Å². The highest BCUT2D eigenvalue weighted by Gasteiger charge is 2.28. The Labute approximate surface area is 183 Å². The molecule has 0 saturated heterocycles. The first-order valence-electron chi connectivity index (χ1n) is 11.4. The number of oxazole rings is 1. The number of anilines is 1. The van der Waals surface area contributed by atoms with Crippen molar-refractivity contribution in [3.05, 3.63) is 54.0 Å². The lowest BCUT2D eigenvalue weighted by atomic mass is 9.80. The van der Waals surface area contributed by atoms with Gasteiger partial charge in [0.25, 0.3) is 0 Å². The lowest BCUT2D eigenvalue weighted by molar-refractivity contribution is 0.334. The van der Waals surface area contributed by atoms with E-state index in [2.05, 4.69) is 27.4 Å². The summed E-state index contributed by atoms with van der Waals surface area (Å²) in [4.78, 5) is 13.9. The molecule has 6 heteroatoms. The van der Waals surface area contributed by atoms with E-state index in [1.54, 1.807) is 13.4 Å². The summed E-state index contributed by atoms with van der Waals surface area (Å²) in [5, 5.41) is 3.54. The van der Waals surface area contributed by atoms with E-state index in [4.69, 9.17) is 14.1 Å². The molecule has 0 atom stereocenters. The molecular weight excluding hydrogens is 388 g/mol. The van der Waals surface area contributed by atoms with Crippen molar-refractivity contribution in [2.45, 2.75) is 57.3 Å². The largest absolute Gasteiger partial charge is 0.495 e. The number of hydrogen-bond donors (Lipinski definition) is 1. The highest BCUT2D eigenvalue weighted by molar-refractivity contribution is 5.61. The van der Waals surface area contributed by atoms with Gasteiger partial charge in [-0.3, -0.25) is 4.98 Å². The second kappa shape index (κ2) is 8.69. The fourth-order valence-corrected chi connectivity index (χ4v) is 4.55. The molecule has 0 aliphatic heterocycles. The molecule has 0 amide bonds. The fraction of sp³-hybridized carbons (Fsp3) is 0.480. The van der Waals surface area contributed by atoms with Crippen LogP contribution in [0.3, 0.4) is 0 Å². The predicted octanol–water partition coefficient (Wildman–Crippen LogP) is 5.71. The zero-order valence-electron chi connectivity index (χ0n) is 18.3. The maximum absolute atomic E-state index is 5.64. The van der Waals surface area contributed by atoms with Crippen LogP contribution in [0.15, 0.2) is 41.1 Å². The Bertz CT molecular complexity index is 1040. The summed E-state index contributed by atoms with van der Waals surface area (Å²) in [6.07, 6.45) is 10.8. The van der Waals surface area contributed by atoms with Crippen LogP contribution in [-0.2, 0) is 0 Å². The highest BCUT2D eigenvalue weighted by Crippen LogP contribution is 2.40. The summed E-state index contributed by atoms with van der Waals surface area (Å²) in [6.45, 7) is 2.97. The Hall–Kier alpha value is -2.89. The summed E-state index contributed by atoms with van der Waals surface area (Å²) in [5.41, 5.74) is 4.14. The third kappa shape index (κ3) is 4.58. The summed E-state index contributed by atoms with van der Waals surface area (Å²) >= 11 is 0. The number of aryl methyl sites for hydroxylation is 1. The normalized spacial score (nSPS) is 21.1. The molecule has 3 heterocycles. The van der Waals surface area contributed by atoms with Gasteiger partial charge in [-0.25, -0.2) is 9.97 Å². The van der Waals surface area contributed by atoms with Gasteiger partial charge < -0.3 is 14.5 Å². The Morgan fingerprint density at radius 1 is 1.03 bits per heavy atom. The smallest absolute Gasteiger partial charge is 0.197 e. The number of pyridine rings is 2. The first-order valence-corrected chi connectivity index (χ1v) is 11.4. The quantitative estimate of drug-likeness (QED) is 0.530. The summed E-state index contributed by atoms with van der Waals surface area (Å²) < 4.78 is 11.0. The molecular formula is C25H30N4O2. The molecule has 0 spiro atoms. The van der Waals surface area contributed by atoms with Crippen LogP contribution in [0.1, 0.15) is 67.6 Å². The lowest BCUT2D eigenvalue weighted by Gasteiger charge is -2.28. The van der Waals surface area contributed by atoms with Crippen molar-refractivity contribution in [2.24, 2.45) is 5.92 Å². The average molecular weight is 419 g/mol. The molecule has 3 aromatic heterocycles. The first-order chi connectivity index (χ1) is 15.2. The minimum absolute atomic E-state index is 0.528. The Morgan fingerprint density at radius 3 is 2.58 bits per heavy atom. The predicted molar refractivity (Wildman–Crippen MR) is 120 cm³/mol. The Balaban J connectivity index is 1.15. The van der Waals surface area contributed by atoms with E-state index >= 15 is 0 Å². The van der Waals surface area contributed by atoms with Crippen molar-refractivity contribution >= 4 is 5.82 Å². The number of methoxy groups -OCH3 is 1. The highest BCUT2D eigenvalue weighted by atomic mass is 16.5. The monoisotopic (exact) mass is 418 g/mol. The number of aromatic nitrogens is 3. The van der Waals surface area contributed by atoms with Crippen LogP contribution in [0, 0.1) is 12.8 Å². The maximum Gasteiger partial charge on any atom is 0.197 e. The maximum atomic E-state index is 5.64. The van der Waals surface area contributed by atoms with Crippen LogP contribution < -0.4 is 10.1 Å². The SMILES string of the molecule is COc1ccc(C2CCC(CNc3cc(-c4coc(C5CC5)n4)ccn3)CC2)nc1C. The van der Waals surface area contributed by atoms with Crippen LogP contribution in [-0.4, -0.2) is 28.6 Å². The molecule has 0 radical (unpaired) electrons. The fourth-order valence-electron chi connectivity index (χ4n) is 4.55. The number of rotatable bonds is 7. The van der Waals surface area contributed by atoms with Gasteiger partial charge in [0.2, 0.25) is 0 Å². The lowest BCUT2D eigenvalue weighted by Crippen LogP contribution is -2.21. The number of nitrogens with zero attached hydrogens (tertiary/aromatic N) is 3. The van der Waals surface area contributed by atoms with Crippen molar-refractivity contribution in [3.63, 3.8) is 0 Å². The first kappa shape index (κ1) is 20.0. The Morgan fingerprint density at radius 2 is 1.84 bits per heavy atom.